The number of nitrogens with zero attached hydrogens (tertiary/aromatic N) is 1. The first-order valence-corrected chi connectivity index (χ1v) is 10.8. The topological polar surface area (TPSA) is 85.3 Å². The third-order valence-corrected chi connectivity index (χ3v) is 5.76. The van der Waals surface area contributed by atoms with E-state index in [0.717, 1.165) is 23.3 Å². The van der Waals surface area contributed by atoms with E-state index in [1.54, 1.807) is 31.4 Å². The van der Waals surface area contributed by atoms with Crippen LogP contribution in [0.25, 0.3) is 5.76 Å². The van der Waals surface area contributed by atoms with Crippen molar-refractivity contribution in [1.82, 2.24) is 4.90 Å². The molecular formula is C25H27NO6. The van der Waals surface area contributed by atoms with Gasteiger partial charge in [-0.25, -0.2) is 0 Å². The van der Waals surface area contributed by atoms with Crippen molar-refractivity contribution in [3.05, 3.63) is 64.7 Å². The number of rotatable bonds is 8. The summed E-state index contributed by atoms with van der Waals surface area (Å²) in [7, 11) is 1.59. The SMILES string of the molecule is CCOc1ccc(C2/C(=C(/O)c3ccc4c(c3)CCO4)C(=O)C(=O)N2CCCOC)cc1. The molecule has 2 aromatic carbocycles. The maximum Gasteiger partial charge on any atom is 0.295 e. The predicted molar refractivity (Wildman–Crippen MR) is 119 cm³/mol. The Morgan fingerprint density at radius 3 is 2.69 bits per heavy atom. The second kappa shape index (κ2) is 9.44. The largest absolute Gasteiger partial charge is 0.507 e. The fourth-order valence-electron chi connectivity index (χ4n) is 4.24. The molecule has 0 bridgehead atoms. The highest BCUT2D eigenvalue weighted by Gasteiger charge is 2.45. The van der Waals surface area contributed by atoms with Crippen LogP contribution in [-0.2, 0) is 20.7 Å². The molecule has 2 heterocycles. The number of ketones is 1. The van der Waals surface area contributed by atoms with Crippen LogP contribution in [0.5, 0.6) is 11.5 Å². The molecule has 1 atom stereocenters. The van der Waals surface area contributed by atoms with Crippen molar-refractivity contribution in [2.75, 3.05) is 33.5 Å². The molecule has 2 aliphatic rings. The van der Waals surface area contributed by atoms with Gasteiger partial charge in [0, 0.05) is 32.2 Å². The van der Waals surface area contributed by atoms with Gasteiger partial charge in [0.25, 0.3) is 11.7 Å². The van der Waals surface area contributed by atoms with E-state index in [1.807, 2.05) is 25.1 Å². The first-order chi connectivity index (χ1) is 15.5. The standard InChI is InChI=1S/C25H27NO6/c1-3-31-19-8-5-16(6-9-19)22-21(24(28)25(29)26(22)12-4-13-30-2)23(27)18-7-10-20-17(15-18)11-14-32-20/h5-10,15,22,27H,3-4,11-14H2,1-2H3/b23-21-. The highest BCUT2D eigenvalue weighted by Crippen LogP contribution is 2.40. The van der Waals surface area contributed by atoms with Gasteiger partial charge in [-0.1, -0.05) is 12.1 Å². The average molecular weight is 437 g/mol. The number of benzene rings is 2. The van der Waals surface area contributed by atoms with E-state index in [-0.39, 0.29) is 11.3 Å². The van der Waals surface area contributed by atoms with Gasteiger partial charge in [-0.15, -0.1) is 0 Å². The number of hydrogen-bond donors (Lipinski definition) is 1. The minimum atomic E-state index is -0.688. The number of amides is 1. The first-order valence-electron chi connectivity index (χ1n) is 10.8. The number of fused-ring (bicyclic) bond motifs is 1. The zero-order valence-electron chi connectivity index (χ0n) is 18.3. The fourth-order valence-corrected chi connectivity index (χ4v) is 4.24. The van der Waals surface area contributed by atoms with Gasteiger partial charge in [0.15, 0.2) is 0 Å². The van der Waals surface area contributed by atoms with Crippen LogP contribution in [0.15, 0.2) is 48.0 Å². The van der Waals surface area contributed by atoms with Crippen LogP contribution in [-0.4, -0.2) is 55.2 Å². The van der Waals surface area contributed by atoms with Gasteiger partial charge in [0.1, 0.15) is 17.3 Å². The second-order valence-electron chi connectivity index (χ2n) is 7.76. The Morgan fingerprint density at radius 2 is 1.97 bits per heavy atom. The van der Waals surface area contributed by atoms with E-state index in [1.165, 1.54) is 4.90 Å². The molecule has 4 rings (SSSR count). The maximum atomic E-state index is 13.1. The van der Waals surface area contributed by atoms with Gasteiger partial charge >= 0.3 is 0 Å². The van der Waals surface area contributed by atoms with Crippen molar-refractivity contribution in [3.8, 4) is 11.5 Å². The Morgan fingerprint density at radius 1 is 1.19 bits per heavy atom. The van der Waals surface area contributed by atoms with Gasteiger partial charge in [-0.05, 0) is 54.8 Å². The number of Topliss-reactive ketones (excluding diaryl/α,β-unsaturated/α-hetero) is 1. The highest BCUT2D eigenvalue weighted by molar-refractivity contribution is 6.46. The fraction of sp³-hybridized carbons (Fsp3) is 0.360. The summed E-state index contributed by atoms with van der Waals surface area (Å²) in [6.07, 6.45) is 1.32. The van der Waals surface area contributed by atoms with Crippen LogP contribution in [0, 0.1) is 0 Å². The number of carbonyl (C=O) groups is 2. The molecule has 168 valence electrons. The number of ether oxygens (including phenoxy) is 3. The van der Waals surface area contributed by atoms with Crippen LogP contribution < -0.4 is 9.47 Å². The lowest BCUT2D eigenvalue weighted by Gasteiger charge is -2.25. The van der Waals surface area contributed by atoms with E-state index in [9.17, 15) is 14.7 Å². The summed E-state index contributed by atoms with van der Waals surface area (Å²) < 4.78 is 16.2. The van der Waals surface area contributed by atoms with E-state index in [2.05, 4.69) is 0 Å². The summed E-state index contributed by atoms with van der Waals surface area (Å²) >= 11 is 0. The van der Waals surface area contributed by atoms with Crippen molar-refractivity contribution in [2.45, 2.75) is 25.8 Å². The molecule has 2 aliphatic heterocycles. The molecule has 1 unspecified atom stereocenters. The maximum absolute atomic E-state index is 13.1. The molecule has 1 fully saturated rings. The lowest BCUT2D eigenvalue weighted by molar-refractivity contribution is -0.140. The van der Waals surface area contributed by atoms with Crippen molar-refractivity contribution < 1.29 is 28.9 Å². The molecule has 0 saturated carbocycles. The van der Waals surface area contributed by atoms with Crippen molar-refractivity contribution >= 4 is 17.4 Å². The molecule has 7 heteroatoms. The Bertz CT molecular complexity index is 1040. The molecule has 0 radical (unpaired) electrons. The molecule has 0 spiro atoms. The van der Waals surface area contributed by atoms with E-state index in [4.69, 9.17) is 14.2 Å². The summed E-state index contributed by atoms with van der Waals surface area (Å²) in [6, 6.07) is 11.9. The normalized spacial score (nSPS) is 19.2. The molecular weight excluding hydrogens is 410 g/mol. The Kier molecular flexibility index (Phi) is 6.46. The van der Waals surface area contributed by atoms with Crippen LogP contribution in [0.4, 0.5) is 0 Å². The number of likely N-dealkylation sites (tertiary alicyclic amines) is 1. The Hall–Kier alpha value is -3.32. The van der Waals surface area contributed by atoms with Gasteiger partial charge in [0.2, 0.25) is 0 Å². The summed E-state index contributed by atoms with van der Waals surface area (Å²) in [4.78, 5) is 27.5. The van der Waals surface area contributed by atoms with Crippen molar-refractivity contribution in [2.24, 2.45) is 0 Å². The van der Waals surface area contributed by atoms with Crippen LogP contribution in [0.3, 0.4) is 0 Å². The number of aliphatic hydroxyl groups is 1. The molecule has 7 nitrogen and oxygen atoms in total. The van der Waals surface area contributed by atoms with Crippen molar-refractivity contribution in [1.29, 1.82) is 0 Å². The van der Waals surface area contributed by atoms with Crippen LogP contribution in [0.2, 0.25) is 0 Å². The van der Waals surface area contributed by atoms with Gasteiger partial charge in [-0.2, -0.15) is 0 Å². The molecule has 32 heavy (non-hydrogen) atoms. The lowest BCUT2D eigenvalue weighted by atomic mass is 9.94. The Labute approximate surface area is 187 Å². The highest BCUT2D eigenvalue weighted by atomic mass is 16.5. The van der Waals surface area contributed by atoms with Crippen LogP contribution in [0.1, 0.15) is 36.1 Å². The summed E-state index contributed by atoms with van der Waals surface area (Å²) in [5, 5.41) is 11.2. The quantitative estimate of drug-likeness (QED) is 0.295. The molecule has 1 N–H and O–H groups in total. The third-order valence-electron chi connectivity index (χ3n) is 5.76. The smallest absolute Gasteiger partial charge is 0.295 e. The van der Waals surface area contributed by atoms with Gasteiger partial charge in [-0.3, -0.25) is 9.59 Å². The molecule has 0 aromatic heterocycles. The minimum absolute atomic E-state index is 0.0930. The third kappa shape index (κ3) is 4.08. The van der Waals surface area contributed by atoms with E-state index in [0.29, 0.717) is 44.1 Å². The first kappa shape index (κ1) is 21.9. The number of carbonyl (C=O) groups excluding carboxylic acids is 2. The van der Waals surface area contributed by atoms with E-state index < -0.39 is 17.7 Å². The molecule has 1 saturated heterocycles. The summed E-state index contributed by atoms with van der Waals surface area (Å²) in [6.45, 7) is 3.84. The number of hydrogen-bond acceptors (Lipinski definition) is 6. The van der Waals surface area contributed by atoms with E-state index >= 15 is 0 Å². The molecule has 0 aliphatic carbocycles. The zero-order valence-corrected chi connectivity index (χ0v) is 18.3. The summed E-state index contributed by atoms with van der Waals surface area (Å²) in [5.41, 5.74) is 2.30. The molecule has 1 amide bonds. The van der Waals surface area contributed by atoms with Gasteiger partial charge < -0.3 is 24.2 Å². The monoisotopic (exact) mass is 437 g/mol. The van der Waals surface area contributed by atoms with Gasteiger partial charge in [0.05, 0.1) is 24.8 Å². The predicted octanol–water partition coefficient (Wildman–Crippen LogP) is 3.48. The molecule has 2 aromatic rings. The summed E-state index contributed by atoms with van der Waals surface area (Å²) in [5.74, 6) is 0.00333. The number of methoxy groups -OCH3 is 1. The van der Waals surface area contributed by atoms with Crippen LogP contribution >= 0.6 is 0 Å². The van der Waals surface area contributed by atoms with Crippen molar-refractivity contribution in [3.63, 3.8) is 0 Å². The number of aliphatic hydroxyl groups excluding tert-OH is 1. The Balaban J connectivity index is 1.77. The second-order valence-corrected chi connectivity index (χ2v) is 7.76. The minimum Gasteiger partial charge on any atom is -0.507 e. The lowest BCUT2D eigenvalue weighted by Crippen LogP contribution is -2.31. The average Bonchev–Trinajstić information content (AvgIpc) is 3.37. The zero-order chi connectivity index (χ0) is 22.7.